The van der Waals surface area contributed by atoms with Crippen molar-refractivity contribution in [1.29, 1.82) is 0 Å². The van der Waals surface area contributed by atoms with Crippen molar-refractivity contribution >= 4 is 0 Å². The molecule has 0 aromatic rings. The zero-order valence-corrected chi connectivity index (χ0v) is 6.20. The first-order chi connectivity index (χ1) is 5.45. The van der Waals surface area contributed by atoms with Crippen molar-refractivity contribution < 1.29 is 30.6 Å². The molecule has 0 saturated heterocycles. The van der Waals surface area contributed by atoms with E-state index >= 15 is 0 Å². The van der Waals surface area contributed by atoms with E-state index in [-0.39, 0.29) is 0 Å². The van der Waals surface area contributed by atoms with Crippen molar-refractivity contribution in [3.05, 3.63) is 0 Å². The molecule has 0 aliphatic heterocycles. The van der Waals surface area contributed by atoms with Crippen LogP contribution in [-0.2, 0) is 0 Å². The van der Waals surface area contributed by atoms with Gasteiger partial charge in [0.25, 0.3) is 0 Å². The van der Waals surface area contributed by atoms with Crippen LogP contribution < -0.4 is 0 Å². The quantitative estimate of drug-likeness (QED) is 0.246. The highest BCUT2D eigenvalue weighted by Gasteiger charge is 2.58. The molecule has 0 heterocycles. The summed E-state index contributed by atoms with van der Waals surface area (Å²) in [4.78, 5) is 0. The predicted octanol–water partition coefficient (Wildman–Crippen LogP) is -3.83. The Morgan fingerprint density at radius 3 is 1.42 bits per heavy atom. The van der Waals surface area contributed by atoms with Crippen molar-refractivity contribution in [2.24, 2.45) is 0 Å². The molecule has 0 aromatic heterocycles. The standard InChI is InChI=1S/C6H12O6/c7-1-6(12)4(10)2(8)3(9)5(6)11/h2-5,7-12H,1H2/t2-,3+,4-,5+,6?. The molecule has 1 unspecified atom stereocenters. The summed E-state index contributed by atoms with van der Waals surface area (Å²) in [5, 5.41) is 54.0. The fourth-order valence-corrected chi connectivity index (χ4v) is 1.33. The fraction of sp³-hybridized carbons (Fsp3) is 1.00. The molecule has 12 heavy (non-hydrogen) atoms. The first-order valence-electron chi connectivity index (χ1n) is 3.50. The summed E-state index contributed by atoms with van der Waals surface area (Å²) in [5.74, 6) is 0. The Morgan fingerprint density at radius 1 is 0.917 bits per heavy atom. The van der Waals surface area contributed by atoms with Crippen LogP contribution in [0.4, 0.5) is 0 Å². The normalized spacial score (nSPS) is 54.5. The van der Waals surface area contributed by atoms with E-state index in [0.717, 1.165) is 0 Å². The smallest absolute Gasteiger partial charge is 0.144 e. The van der Waals surface area contributed by atoms with Crippen LogP contribution in [0.5, 0.6) is 0 Å². The van der Waals surface area contributed by atoms with Gasteiger partial charge in [-0.25, -0.2) is 0 Å². The van der Waals surface area contributed by atoms with Gasteiger partial charge >= 0.3 is 0 Å². The minimum Gasteiger partial charge on any atom is -0.393 e. The van der Waals surface area contributed by atoms with Crippen LogP contribution in [0.3, 0.4) is 0 Å². The van der Waals surface area contributed by atoms with Crippen molar-refractivity contribution in [1.82, 2.24) is 0 Å². The molecule has 1 rings (SSSR count). The Bertz CT molecular complexity index is 157. The largest absolute Gasteiger partial charge is 0.393 e. The van der Waals surface area contributed by atoms with E-state index in [1.165, 1.54) is 0 Å². The molecule has 0 aromatic carbocycles. The van der Waals surface area contributed by atoms with Crippen LogP contribution in [0.1, 0.15) is 0 Å². The van der Waals surface area contributed by atoms with Crippen molar-refractivity contribution in [2.75, 3.05) is 6.61 Å². The lowest BCUT2D eigenvalue weighted by Crippen LogP contribution is -2.51. The molecule has 72 valence electrons. The first kappa shape index (κ1) is 9.85. The van der Waals surface area contributed by atoms with Gasteiger partial charge in [-0.3, -0.25) is 0 Å². The lowest BCUT2D eigenvalue weighted by atomic mass is 9.99. The van der Waals surface area contributed by atoms with Gasteiger partial charge in [-0.1, -0.05) is 0 Å². The summed E-state index contributed by atoms with van der Waals surface area (Å²) in [5.41, 5.74) is -2.24. The highest BCUT2D eigenvalue weighted by atomic mass is 16.4. The third-order valence-electron chi connectivity index (χ3n) is 2.27. The molecule has 5 atom stereocenters. The summed E-state index contributed by atoms with van der Waals surface area (Å²) in [6.07, 6.45) is -6.77. The molecule has 1 aliphatic carbocycles. The van der Waals surface area contributed by atoms with E-state index in [4.69, 9.17) is 25.5 Å². The van der Waals surface area contributed by atoms with E-state index < -0.39 is 36.6 Å². The number of hydrogen-bond donors (Lipinski definition) is 6. The number of rotatable bonds is 1. The maximum Gasteiger partial charge on any atom is 0.144 e. The Labute approximate surface area is 68.3 Å². The summed E-state index contributed by atoms with van der Waals surface area (Å²) in [6, 6.07) is 0. The molecule has 6 N–H and O–H groups in total. The van der Waals surface area contributed by atoms with Gasteiger partial charge in [0, 0.05) is 0 Å². The molecule has 1 fully saturated rings. The van der Waals surface area contributed by atoms with E-state index in [2.05, 4.69) is 0 Å². The Morgan fingerprint density at radius 2 is 1.25 bits per heavy atom. The van der Waals surface area contributed by atoms with Crippen LogP contribution in [-0.4, -0.2) is 67.3 Å². The van der Waals surface area contributed by atoms with Gasteiger partial charge < -0.3 is 30.6 Å². The maximum atomic E-state index is 9.31. The minimum atomic E-state index is -2.24. The maximum absolute atomic E-state index is 9.31. The highest BCUT2D eigenvalue weighted by Crippen LogP contribution is 2.30. The molecule has 0 amide bonds. The zero-order chi connectivity index (χ0) is 9.52. The average molecular weight is 180 g/mol. The number of aliphatic hydroxyl groups excluding tert-OH is 5. The fourth-order valence-electron chi connectivity index (χ4n) is 1.33. The SMILES string of the molecule is OCC1(O)[C@H](O)[C@H](O)[C@H](O)[C@@H]1O. The highest BCUT2D eigenvalue weighted by molar-refractivity contribution is 5.09. The van der Waals surface area contributed by atoms with Crippen LogP contribution >= 0.6 is 0 Å². The second kappa shape index (κ2) is 2.91. The molecule has 0 radical (unpaired) electrons. The molecule has 6 nitrogen and oxygen atoms in total. The van der Waals surface area contributed by atoms with Gasteiger partial charge in [-0.2, -0.15) is 0 Å². The van der Waals surface area contributed by atoms with E-state index in [1.807, 2.05) is 0 Å². The second-order valence-electron chi connectivity index (χ2n) is 3.02. The Balaban J connectivity index is 2.90. The van der Waals surface area contributed by atoms with Gasteiger partial charge in [-0.15, -0.1) is 0 Å². The topological polar surface area (TPSA) is 121 Å². The minimum absolute atomic E-state index is 0.927. The van der Waals surface area contributed by atoms with Gasteiger partial charge in [0.2, 0.25) is 0 Å². The Kier molecular flexibility index (Phi) is 2.39. The van der Waals surface area contributed by atoms with Gasteiger partial charge in [-0.05, 0) is 0 Å². The zero-order valence-electron chi connectivity index (χ0n) is 6.20. The monoisotopic (exact) mass is 180 g/mol. The third-order valence-corrected chi connectivity index (χ3v) is 2.27. The second-order valence-corrected chi connectivity index (χ2v) is 3.02. The van der Waals surface area contributed by atoms with Gasteiger partial charge in [0.15, 0.2) is 0 Å². The lowest BCUT2D eigenvalue weighted by molar-refractivity contribution is -0.151. The van der Waals surface area contributed by atoms with Crippen molar-refractivity contribution in [3.8, 4) is 0 Å². The summed E-state index contributed by atoms with van der Waals surface area (Å²) >= 11 is 0. The van der Waals surface area contributed by atoms with Crippen LogP contribution in [0.2, 0.25) is 0 Å². The van der Waals surface area contributed by atoms with E-state index in [9.17, 15) is 5.11 Å². The molecule has 0 bridgehead atoms. The molecular formula is C6H12O6. The van der Waals surface area contributed by atoms with Crippen LogP contribution in [0.25, 0.3) is 0 Å². The summed E-state index contributed by atoms with van der Waals surface area (Å²) < 4.78 is 0. The molecule has 6 heteroatoms. The summed E-state index contributed by atoms with van der Waals surface area (Å²) in [6.45, 7) is -0.927. The predicted molar refractivity (Wildman–Crippen MR) is 36.1 cm³/mol. The van der Waals surface area contributed by atoms with Crippen molar-refractivity contribution in [2.45, 2.75) is 30.0 Å². The first-order valence-corrected chi connectivity index (χ1v) is 3.50. The number of aliphatic hydroxyl groups is 6. The van der Waals surface area contributed by atoms with Crippen molar-refractivity contribution in [3.63, 3.8) is 0 Å². The molecular weight excluding hydrogens is 168 g/mol. The molecule has 1 aliphatic rings. The molecule has 0 spiro atoms. The third kappa shape index (κ3) is 1.05. The van der Waals surface area contributed by atoms with Crippen LogP contribution in [0.15, 0.2) is 0 Å². The molecule has 1 saturated carbocycles. The van der Waals surface area contributed by atoms with Crippen LogP contribution in [0, 0.1) is 0 Å². The average Bonchev–Trinajstić information content (AvgIpc) is 2.22. The van der Waals surface area contributed by atoms with Gasteiger partial charge in [0.05, 0.1) is 6.61 Å². The lowest BCUT2D eigenvalue weighted by Gasteiger charge is -2.27. The van der Waals surface area contributed by atoms with E-state index in [0.29, 0.717) is 0 Å². The van der Waals surface area contributed by atoms with E-state index in [1.54, 1.807) is 0 Å². The van der Waals surface area contributed by atoms with Gasteiger partial charge in [0.1, 0.15) is 30.0 Å². The number of hydrogen-bond acceptors (Lipinski definition) is 6. The summed E-state index contributed by atoms with van der Waals surface area (Å²) in [7, 11) is 0. The Hall–Kier alpha value is -0.240.